The van der Waals surface area contributed by atoms with Gasteiger partial charge in [0.25, 0.3) is 0 Å². The minimum atomic E-state index is -0.646. The molecule has 11 heteroatoms. The molecule has 5 aromatic rings. The molecule has 0 aliphatic heterocycles. The number of aryl methyl sites for hydroxylation is 1. The molecule has 3 N–H and O–H groups in total. The van der Waals surface area contributed by atoms with Gasteiger partial charge in [-0.05, 0) is 32.0 Å². The maximum Gasteiger partial charge on any atom is 0.233 e. The third-order valence-corrected chi connectivity index (χ3v) is 5.12. The number of hydrogen-bond donors (Lipinski definition) is 3. The molecule has 1 atom stereocenters. The molecule has 0 aliphatic rings. The Labute approximate surface area is 192 Å². The summed E-state index contributed by atoms with van der Waals surface area (Å²) in [5, 5.41) is 13.3. The average molecular weight is 459 g/mol. The summed E-state index contributed by atoms with van der Waals surface area (Å²) in [4.78, 5) is 21.5. The number of fused-ring (bicyclic) bond motifs is 1. The van der Waals surface area contributed by atoms with Gasteiger partial charge in [-0.1, -0.05) is 12.1 Å². The molecule has 0 fully saturated rings. The highest BCUT2D eigenvalue weighted by atomic mass is 19.1. The van der Waals surface area contributed by atoms with E-state index in [-0.39, 0.29) is 11.9 Å². The second-order valence-corrected chi connectivity index (χ2v) is 7.61. The number of aromatic amines is 1. The monoisotopic (exact) mass is 459 g/mol. The predicted molar refractivity (Wildman–Crippen MR) is 123 cm³/mol. The van der Waals surface area contributed by atoms with Crippen LogP contribution >= 0.6 is 0 Å². The fourth-order valence-corrected chi connectivity index (χ4v) is 3.51. The molecule has 0 unspecified atom stereocenters. The second kappa shape index (κ2) is 8.77. The molecular weight excluding hydrogens is 440 g/mol. The molecule has 3 heterocycles. The Balaban J connectivity index is 1.34. The maximum atomic E-state index is 14.1. The van der Waals surface area contributed by atoms with Crippen molar-refractivity contribution in [3.8, 4) is 11.3 Å². The molecule has 0 amide bonds. The summed E-state index contributed by atoms with van der Waals surface area (Å²) in [6, 6.07) is 10.5. The number of nitrogens with zero attached hydrogens (tertiary/aromatic N) is 6. The molecule has 0 aliphatic carbocycles. The Kier molecular flexibility index (Phi) is 5.50. The molecule has 2 aromatic carbocycles. The molecule has 0 saturated heterocycles. The fraction of sp³-hybridized carbons (Fsp3) is 0.130. The SMILES string of the molecule is Cc1nc(Nc2cc(-c3ccc4nccnc4c3)[nH]n2)nc(N[C@@H](C)c2ccc(F)cc2F)n1. The number of rotatable bonds is 6. The van der Waals surface area contributed by atoms with Gasteiger partial charge >= 0.3 is 0 Å². The molecule has 170 valence electrons. The minimum Gasteiger partial charge on any atom is -0.347 e. The van der Waals surface area contributed by atoms with E-state index >= 15 is 0 Å². The lowest BCUT2D eigenvalue weighted by Crippen LogP contribution is -2.13. The summed E-state index contributed by atoms with van der Waals surface area (Å²) in [5.41, 5.74) is 3.56. The average Bonchev–Trinajstić information content (AvgIpc) is 3.26. The summed E-state index contributed by atoms with van der Waals surface area (Å²) < 4.78 is 27.3. The van der Waals surface area contributed by atoms with Gasteiger partial charge in [-0.25, -0.2) is 8.78 Å². The molecule has 3 aromatic heterocycles. The summed E-state index contributed by atoms with van der Waals surface area (Å²) in [5.74, 6) is 0.192. The molecule has 9 nitrogen and oxygen atoms in total. The Hall–Kier alpha value is -4.54. The van der Waals surface area contributed by atoms with Crippen LogP contribution in [0.5, 0.6) is 0 Å². The van der Waals surface area contributed by atoms with Crippen LogP contribution in [-0.2, 0) is 0 Å². The van der Waals surface area contributed by atoms with E-state index < -0.39 is 17.7 Å². The Morgan fingerprint density at radius 1 is 0.882 bits per heavy atom. The lowest BCUT2D eigenvalue weighted by Gasteiger charge is -2.15. The minimum absolute atomic E-state index is 0.245. The number of halogens is 2. The fourth-order valence-electron chi connectivity index (χ4n) is 3.51. The first-order chi connectivity index (χ1) is 16.4. The Morgan fingerprint density at radius 2 is 1.68 bits per heavy atom. The third-order valence-electron chi connectivity index (χ3n) is 5.12. The molecule has 0 spiro atoms. The largest absolute Gasteiger partial charge is 0.347 e. The van der Waals surface area contributed by atoms with Gasteiger partial charge in [-0.3, -0.25) is 15.1 Å². The van der Waals surface area contributed by atoms with Gasteiger partial charge in [-0.15, -0.1) is 0 Å². The van der Waals surface area contributed by atoms with Crippen molar-refractivity contribution in [1.82, 2.24) is 35.1 Å². The molecule has 0 saturated carbocycles. The lowest BCUT2D eigenvalue weighted by atomic mass is 10.1. The van der Waals surface area contributed by atoms with Crippen molar-refractivity contribution in [3.63, 3.8) is 0 Å². The van der Waals surface area contributed by atoms with Crippen molar-refractivity contribution in [1.29, 1.82) is 0 Å². The van der Waals surface area contributed by atoms with Crippen molar-refractivity contribution in [2.24, 2.45) is 0 Å². The highest BCUT2D eigenvalue weighted by Gasteiger charge is 2.15. The summed E-state index contributed by atoms with van der Waals surface area (Å²) >= 11 is 0. The van der Waals surface area contributed by atoms with E-state index in [4.69, 9.17) is 0 Å². The van der Waals surface area contributed by atoms with E-state index in [1.54, 1.807) is 26.2 Å². The smallest absolute Gasteiger partial charge is 0.233 e. The van der Waals surface area contributed by atoms with Gasteiger partial charge in [0, 0.05) is 35.7 Å². The van der Waals surface area contributed by atoms with Crippen LogP contribution in [0.4, 0.5) is 26.5 Å². The first-order valence-electron chi connectivity index (χ1n) is 10.4. The van der Waals surface area contributed by atoms with Crippen LogP contribution in [-0.4, -0.2) is 35.1 Å². The molecule has 0 bridgehead atoms. The van der Waals surface area contributed by atoms with E-state index in [1.807, 2.05) is 24.3 Å². The zero-order valence-corrected chi connectivity index (χ0v) is 18.2. The van der Waals surface area contributed by atoms with Gasteiger partial charge in [0.05, 0.1) is 22.8 Å². The molecular formula is C23H19F2N9. The van der Waals surface area contributed by atoms with Crippen LogP contribution in [0.25, 0.3) is 22.3 Å². The van der Waals surface area contributed by atoms with E-state index in [1.165, 1.54) is 12.1 Å². The molecule has 0 radical (unpaired) electrons. The first kappa shape index (κ1) is 21.3. The normalized spacial score (nSPS) is 12.0. The van der Waals surface area contributed by atoms with Crippen LogP contribution < -0.4 is 10.6 Å². The Morgan fingerprint density at radius 3 is 2.50 bits per heavy atom. The standard InChI is InChI=1S/C23H19F2N9/c1-12(16-5-4-15(24)10-17(16)25)28-22-29-13(2)30-23(32-22)31-21-11-19(33-34-21)14-3-6-18-20(9-14)27-8-7-26-18/h3-12H,1-2H3,(H3,28,29,30,31,32,33,34)/t12-/m0/s1. The zero-order valence-electron chi connectivity index (χ0n) is 18.2. The Bertz CT molecular complexity index is 1480. The van der Waals surface area contributed by atoms with Gasteiger partial charge in [0.2, 0.25) is 11.9 Å². The van der Waals surface area contributed by atoms with Crippen LogP contribution in [0.1, 0.15) is 24.4 Å². The van der Waals surface area contributed by atoms with Crippen LogP contribution in [0.15, 0.2) is 54.9 Å². The topological polar surface area (TPSA) is 117 Å². The summed E-state index contributed by atoms with van der Waals surface area (Å²) in [7, 11) is 0. The van der Waals surface area contributed by atoms with E-state index in [0.717, 1.165) is 28.4 Å². The third kappa shape index (κ3) is 4.49. The maximum absolute atomic E-state index is 14.1. The number of H-pyrrole nitrogens is 1. The number of anilines is 3. The van der Waals surface area contributed by atoms with Crippen LogP contribution in [0.3, 0.4) is 0 Å². The predicted octanol–water partition coefficient (Wildman–Crippen LogP) is 4.71. The summed E-state index contributed by atoms with van der Waals surface area (Å²) in [6.45, 7) is 3.45. The van der Waals surface area contributed by atoms with Crippen molar-refractivity contribution in [3.05, 3.63) is 77.9 Å². The first-order valence-corrected chi connectivity index (χ1v) is 10.4. The summed E-state index contributed by atoms with van der Waals surface area (Å²) in [6.07, 6.45) is 3.29. The van der Waals surface area contributed by atoms with Gasteiger partial charge in [0.1, 0.15) is 17.5 Å². The van der Waals surface area contributed by atoms with Gasteiger partial charge in [0.15, 0.2) is 5.82 Å². The number of hydrogen-bond acceptors (Lipinski definition) is 8. The van der Waals surface area contributed by atoms with E-state index in [2.05, 4.69) is 45.8 Å². The highest BCUT2D eigenvalue weighted by Crippen LogP contribution is 2.25. The highest BCUT2D eigenvalue weighted by molar-refractivity contribution is 5.80. The second-order valence-electron chi connectivity index (χ2n) is 7.61. The van der Waals surface area contributed by atoms with E-state index in [9.17, 15) is 8.78 Å². The number of nitrogens with one attached hydrogen (secondary N) is 3. The van der Waals surface area contributed by atoms with Gasteiger partial charge in [-0.2, -0.15) is 20.1 Å². The lowest BCUT2D eigenvalue weighted by molar-refractivity contribution is 0.566. The van der Waals surface area contributed by atoms with E-state index in [0.29, 0.717) is 17.2 Å². The van der Waals surface area contributed by atoms with Gasteiger partial charge < -0.3 is 10.6 Å². The molecule has 5 rings (SSSR count). The number of benzene rings is 2. The quantitative estimate of drug-likeness (QED) is 0.334. The van der Waals surface area contributed by atoms with Crippen molar-refractivity contribution in [2.75, 3.05) is 10.6 Å². The molecule has 34 heavy (non-hydrogen) atoms. The van der Waals surface area contributed by atoms with Crippen molar-refractivity contribution in [2.45, 2.75) is 19.9 Å². The van der Waals surface area contributed by atoms with Crippen LogP contribution in [0, 0.1) is 18.6 Å². The van der Waals surface area contributed by atoms with Crippen molar-refractivity contribution >= 4 is 28.7 Å². The zero-order chi connectivity index (χ0) is 23.7. The van der Waals surface area contributed by atoms with Crippen LogP contribution in [0.2, 0.25) is 0 Å². The number of aromatic nitrogens is 7. The van der Waals surface area contributed by atoms with Crippen molar-refractivity contribution < 1.29 is 8.78 Å².